The first kappa shape index (κ1) is 12.5. The van der Waals surface area contributed by atoms with E-state index < -0.39 is 18.2 Å². The van der Waals surface area contributed by atoms with Crippen molar-refractivity contribution in [1.29, 1.82) is 0 Å². The van der Waals surface area contributed by atoms with Gasteiger partial charge >= 0.3 is 18.2 Å². The van der Waals surface area contributed by atoms with Crippen LogP contribution < -0.4 is 11.5 Å². The second-order valence-corrected chi connectivity index (χ2v) is 1.16. The number of carboxylic acid groups (broad SMARTS) is 2. The summed E-state index contributed by atoms with van der Waals surface area (Å²) in [7, 11) is 0. The van der Waals surface area contributed by atoms with Gasteiger partial charge in [0.25, 0.3) is 0 Å². The van der Waals surface area contributed by atoms with Crippen molar-refractivity contribution in [1.82, 2.24) is 0 Å². The number of hydrogen-bond acceptors (Lipinski definition) is 3. The second kappa shape index (κ2) is 6.92. The van der Waals surface area contributed by atoms with E-state index in [1.165, 1.54) is 0 Å². The molecule has 0 heterocycles. The van der Waals surface area contributed by atoms with Crippen molar-refractivity contribution in [3.63, 3.8) is 0 Å². The van der Waals surface area contributed by atoms with E-state index in [9.17, 15) is 9.59 Å². The highest BCUT2D eigenvalue weighted by atomic mass is 16.6. The van der Waals surface area contributed by atoms with Gasteiger partial charge in [-0.25, -0.2) is 14.4 Å². The summed E-state index contributed by atoms with van der Waals surface area (Å²) in [6, 6.07) is -2.08. The van der Waals surface area contributed by atoms with Crippen LogP contribution in [0.4, 0.5) is 14.4 Å². The van der Waals surface area contributed by atoms with Crippen LogP contribution in [0.3, 0.4) is 0 Å². The largest absolute Gasteiger partial charge is 0.503 e. The van der Waals surface area contributed by atoms with Crippen LogP contribution in [0.5, 0.6) is 0 Å². The van der Waals surface area contributed by atoms with Crippen molar-refractivity contribution in [3.8, 4) is 0 Å². The first-order chi connectivity index (χ1) is 5.36. The van der Waals surface area contributed by atoms with E-state index in [1.54, 1.807) is 0 Å². The Morgan fingerprint density at radius 1 is 0.917 bits per heavy atom. The lowest BCUT2D eigenvalue weighted by molar-refractivity contribution is 0.137. The molecule has 0 aliphatic carbocycles. The van der Waals surface area contributed by atoms with Gasteiger partial charge in [-0.2, -0.15) is 0 Å². The predicted molar refractivity (Wildman–Crippen MR) is 34.7 cm³/mol. The Hall–Kier alpha value is -2.19. The van der Waals surface area contributed by atoms with Crippen molar-refractivity contribution in [2.75, 3.05) is 0 Å². The molecular weight excluding hydrogens is 172 g/mol. The predicted octanol–water partition coefficient (Wildman–Crippen LogP) is -0.182. The minimum absolute atomic E-state index is 1.04. The van der Waals surface area contributed by atoms with Gasteiger partial charge in [0, 0.05) is 0 Å². The number of carbonyl (C=O) groups excluding carboxylic acids is 2. The number of nitrogens with zero attached hydrogens (tertiary/aromatic N) is 2. The fourth-order valence-electron chi connectivity index (χ4n) is 0.0986. The highest BCUT2D eigenvalue weighted by molar-refractivity contribution is 5.77. The lowest BCUT2D eigenvalue weighted by atomic mass is 11.1. The van der Waals surface area contributed by atoms with Crippen molar-refractivity contribution in [2.24, 2.45) is 21.7 Å². The Labute approximate surface area is 65.7 Å². The molecule has 0 bridgehead atoms. The van der Waals surface area contributed by atoms with Gasteiger partial charge in [0.2, 0.25) is 0 Å². The van der Waals surface area contributed by atoms with Crippen LogP contribution in [0.25, 0.3) is 0 Å². The molecule has 12 heavy (non-hydrogen) atoms. The highest BCUT2D eigenvalue weighted by Gasteiger charge is 1.86. The highest BCUT2D eigenvalue weighted by Crippen LogP contribution is 1.72. The first-order valence-electron chi connectivity index (χ1n) is 2.28. The number of amides is 4. The lowest BCUT2D eigenvalue weighted by Gasteiger charge is -1.74. The maximum atomic E-state index is 9.66. The molecule has 0 aromatic carbocycles. The molecule has 0 unspecified atom stereocenters. The molecule has 0 radical (unpaired) electrons. The second-order valence-electron chi connectivity index (χ2n) is 1.16. The molecule has 0 spiro atoms. The SMILES string of the molecule is NC(=O)N=NC(N)=O.O=C(O)O. The molecule has 0 aromatic heterocycles. The number of hydrogen-bond donors (Lipinski definition) is 4. The standard InChI is InChI=1S/C2H4N4O2.CH2O3/c3-1(7)5-6-2(4)8;2-1(3)4/h(H2,3,7)(H2,4,8);(H2,2,3,4). The molecule has 0 saturated heterocycles. The van der Waals surface area contributed by atoms with Gasteiger partial charge < -0.3 is 21.7 Å². The quantitative estimate of drug-likeness (QED) is 0.376. The van der Waals surface area contributed by atoms with Crippen LogP contribution in [0.2, 0.25) is 0 Å². The number of rotatable bonds is 0. The Morgan fingerprint density at radius 3 is 1.17 bits per heavy atom. The van der Waals surface area contributed by atoms with Gasteiger partial charge in [-0.3, -0.25) is 0 Å². The minimum Gasteiger partial charge on any atom is -0.450 e. The fraction of sp³-hybridized carbons (Fsp3) is 0. The number of carbonyl (C=O) groups is 3. The van der Waals surface area contributed by atoms with Gasteiger partial charge in [0.15, 0.2) is 0 Å². The van der Waals surface area contributed by atoms with Crippen LogP contribution in [0.15, 0.2) is 10.2 Å². The zero-order valence-corrected chi connectivity index (χ0v) is 5.67. The van der Waals surface area contributed by atoms with Crippen molar-refractivity contribution in [3.05, 3.63) is 0 Å². The minimum atomic E-state index is -1.83. The summed E-state index contributed by atoms with van der Waals surface area (Å²) in [4.78, 5) is 27.9. The van der Waals surface area contributed by atoms with Crippen molar-refractivity contribution in [2.45, 2.75) is 0 Å². The topological polar surface area (TPSA) is 168 Å². The van der Waals surface area contributed by atoms with Crippen LogP contribution in [0.1, 0.15) is 0 Å². The monoisotopic (exact) mass is 178 g/mol. The van der Waals surface area contributed by atoms with Crippen molar-refractivity contribution >= 4 is 18.2 Å². The smallest absolute Gasteiger partial charge is 0.450 e. The van der Waals surface area contributed by atoms with Crippen LogP contribution >= 0.6 is 0 Å². The van der Waals surface area contributed by atoms with E-state index in [-0.39, 0.29) is 0 Å². The number of azo groups is 1. The molecular formula is C3H6N4O5. The molecule has 68 valence electrons. The summed E-state index contributed by atoms with van der Waals surface area (Å²) in [6.45, 7) is 0. The van der Waals surface area contributed by atoms with Gasteiger partial charge in [0.1, 0.15) is 0 Å². The fourth-order valence-corrected chi connectivity index (χ4v) is 0.0986. The first-order valence-corrected chi connectivity index (χ1v) is 2.28. The van der Waals surface area contributed by atoms with E-state index in [4.69, 9.17) is 15.0 Å². The number of primary amides is 2. The summed E-state index contributed by atoms with van der Waals surface area (Å²) in [5.41, 5.74) is 8.87. The molecule has 0 fully saturated rings. The van der Waals surface area contributed by atoms with Gasteiger partial charge in [-0.05, 0) is 0 Å². The molecule has 0 atom stereocenters. The van der Waals surface area contributed by atoms with Crippen LogP contribution in [0, 0.1) is 0 Å². The molecule has 9 nitrogen and oxygen atoms in total. The Balaban J connectivity index is 0. The average Bonchev–Trinajstić information content (AvgIpc) is 1.82. The molecule has 6 N–H and O–H groups in total. The van der Waals surface area contributed by atoms with Crippen molar-refractivity contribution < 1.29 is 24.6 Å². The molecule has 9 heteroatoms. The normalized spacial score (nSPS) is 8.33. The summed E-state index contributed by atoms with van der Waals surface area (Å²) < 4.78 is 0. The Kier molecular flexibility index (Phi) is 7.20. The lowest BCUT2D eigenvalue weighted by Crippen LogP contribution is -2.07. The average molecular weight is 178 g/mol. The van der Waals surface area contributed by atoms with E-state index in [0.29, 0.717) is 0 Å². The third-order valence-electron chi connectivity index (χ3n) is 0.247. The molecule has 0 aliphatic heterocycles. The third-order valence-corrected chi connectivity index (χ3v) is 0.247. The maximum absolute atomic E-state index is 9.66. The summed E-state index contributed by atoms with van der Waals surface area (Å²) in [5.74, 6) is 0. The zero-order chi connectivity index (χ0) is 10.1. The van der Waals surface area contributed by atoms with E-state index in [0.717, 1.165) is 0 Å². The molecule has 0 aliphatic rings. The van der Waals surface area contributed by atoms with Gasteiger partial charge in [-0.15, -0.1) is 0 Å². The van der Waals surface area contributed by atoms with Crippen LogP contribution in [-0.4, -0.2) is 28.4 Å². The van der Waals surface area contributed by atoms with Crippen LogP contribution in [-0.2, 0) is 0 Å². The molecule has 0 saturated carbocycles. The summed E-state index contributed by atoms with van der Waals surface area (Å²) >= 11 is 0. The number of nitrogens with two attached hydrogens (primary N) is 2. The van der Waals surface area contributed by atoms with E-state index >= 15 is 0 Å². The molecule has 0 aromatic rings. The number of urea groups is 2. The molecule has 4 amide bonds. The zero-order valence-electron chi connectivity index (χ0n) is 5.67. The maximum Gasteiger partial charge on any atom is 0.503 e. The van der Waals surface area contributed by atoms with E-state index in [2.05, 4.69) is 21.7 Å². The Bertz CT molecular complexity index is 191. The summed E-state index contributed by atoms with van der Waals surface area (Å²) in [6.07, 6.45) is -1.83. The third kappa shape index (κ3) is 45.9. The summed E-state index contributed by atoms with van der Waals surface area (Å²) in [5, 5.41) is 19.2. The van der Waals surface area contributed by atoms with Gasteiger partial charge in [0.05, 0.1) is 0 Å². The molecule has 0 rings (SSSR count). The Morgan fingerprint density at radius 2 is 1.08 bits per heavy atom. The van der Waals surface area contributed by atoms with E-state index in [1.807, 2.05) is 0 Å². The van der Waals surface area contributed by atoms with Gasteiger partial charge in [-0.1, -0.05) is 10.2 Å².